The highest BCUT2D eigenvalue weighted by molar-refractivity contribution is 5.93. The zero-order chi connectivity index (χ0) is 20.9. The minimum Gasteiger partial charge on any atom is -0.389 e. The maximum atomic E-state index is 12.2. The lowest BCUT2D eigenvalue weighted by atomic mass is 9.88. The van der Waals surface area contributed by atoms with Crippen LogP contribution in [0.4, 0.5) is 0 Å². The number of imide groups is 1. The number of nitrogens with one attached hydrogen (secondary N) is 1. The van der Waals surface area contributed by atoms with Gasteiger partial charge in [0.05, 0.1) is 6.10 Å². The van der Waals surface area contributed by atoms with E-state index in [0.29, 0.717) is 25.0 Å². The van der Waals surface area contributed by atoms with Gasteiger partial charge in [-0.3, -0.25) is 19.7 Å². The average molecular weight is 390 g/mol. The number of allylic oxidation sites excluding steroid dienone is 1. The van der Waals surface area contributed by atoms with Crippen molar-refractivity contribution in [3.05, 3.63) is 12.2 Å². The fourth-order valence-corrected chi connectivity index (χ4v) is 3.63. The fourth-order valence-electron chi connectivity index (χ4n) is 3.63. The summed E-state index contributed by atoms with van der Waals surface area (Å²) in [7, 11) is 0. The molecule has 0 aromatic heterocycles. The fraction of sp³-hybridized carbons (Fsp3) is 0.696. The summed E-state index contributed by atoms with van der Waals surface area (Å²) in [5.74, 6) is 5.98. The molecule has 4 atom stereocenters. The van der Waals surface area contributed by atoms with Gasteiger partial charge in [0.25, 0.3) is 0 Å². The second-order valence-corrected chi connectivity index (χ2v) is 7.82. The first kappa shape index (κ1) is 24.1. The minimum absolute atomic E-state index is 0.0511. The van der Waals surface area contributed by atoms with Crippen molar-refractivity contribution < 1.29 is 19.5 Å². The van der Waals surface area contributed by atoms with E-state index in [-0.39, 0.29) is 29.6 Å². The molecular formula is C23H35NO4. The van der Waals surface area contributed by atoms with Gasteiger partial charge in [-0.1, -0.05) is 38.3 Å². The Balaban J connectivity index is 2.33. The van der Waals surface area contributed by atoms with E-state index in [0.717, 1.165) is 38.5 Å². The van der Waals surface area contributed by atoms with Crippen LogP contribution in [-0.4, -0.2) is 28.8 Å². The van der Waals surface area contributed by atoms with Crippen molar-refractivity contribution in [3.8, 4) is 11.8 Å². The first-order valence-corrected chi connectivity index (χ1v) is 10.4. The van der Waals surface area contributed by atoms with E-state index >= 15 is 0 Å². The highest BCUT2D eigenvalue weighted by Crippen LogP contribution is 2.34. The Kier molecular flexibility index (Phi) is 11.4. The normalized spacial score (nSPS) is 21.2. The van der Waals surface area contributed by atoms with Gasteiger partial charge in [0, 0.05) is 32.1 Å². The van der Waals surface area contributed by atoms with E-state index in [1.165, 1.54) is 6.92 Å². The minimum atomic E-state index is -0.529. The van der Waals surface area contributed by atoms with Crippen LogP contribution in [0.5, 0.6) is 0 Å². The molecule has 1 saturated carbocycles. The monoisotopic (exact) mass is 389 g/mol. The number of hydrogen-bond donors (Lipinski definition) is 2. The maximum absolute atomic E-state index is 12.2. The Morgan fingerprint density at radius 3 is 2.68 bits per heavy atom. The molecule has 156 valence electrons. The number of ketones is 1. The molecule has 0 aromatic carbocycles. The van der Waals surface area contributed by atoms with E-state index in [2.05, 4.69) is 17.2 Å². The summed E-state index contributed by atoms with van der Waals surface area (Å²) in [5, 5.41) is 12.5. The molecule has 0 aromatic rings. The molecule has 1 aliphatic rings. The molecule has 0 saturated heterocycles. The Hall–Kier alpha value is -1.93. The number of aliphatic hydroxyl groups excluding tert-OH is 1. The summed E-state index contributed by atoms with van der Waals surface area (Å²) in [5.41, 5.74) is 0. The standard InChI is InChI=1S/C23H35NO4/c1-4-5-10-17(2)21(26)15-13-19-14-16-22(27)20(19)11-8-6-7-9-12-23(28)24-18(3)25/h13,15,17,19-21,26H,6-12,14,16H2,1-3H3,(H,24,25,28)/b15-13+/t17?,19-,20+,21+/m0/s1. The lowest BCUT2D eigenvalue weighted by Gasteiger charge is -2.17. The number of rotatable bonds is 11. The molecule has 1 aliphatic carbocycles. The number of unbranched alkanes of at least 4 members (excludes halogenated alkanes) is 3. The summed E-state index contributed by atoms with van der Waals surface area (Å²) in [6.45, 7) is 5.11. The molecule has 28 heavy (non-hydrogen) atoms. The lowest BCUT2D eigenvalue weighted by Crippen LogP contribution is -2.27. The molecule has 0 aliphatic heterocycles. The van der Waals surface area contributed by atoms with Crippen molar-refractivity contribution in [2.24, 2.45) is 17.8 Å². The highest BCUT2D eigenvalue weighted by Gasteiger charge is 2.32. The number of hydrogen-bond acceptors (Lipinski definition) is 4. The number of amides is 2. The first-order chi connectivity index (χ1) is 13.3. The largest absolute Gasteiger partial charge is 0.389 e. The van der Waals surface area contributed by atoms with Gasteiger partial charge in [0.2, 0.25) is 11.8 Å². The van der Waals surface area contributed by atoms with Gasteiger partial charge in [0.1, 0.15) is 5.78 Å². The third-order valence-corrected chi connectivity index (χ3v) is 5.38. The van der Waals surface area contributed by atoms with Crippen LogP contribution in [0.1, 0.15) is 78.6 Å². The summed E-state index contributed by atoms with van der Waals surface area (Å²) >= 11 is 0. The Labute approximate surface area is 169 Å². The lowest BCUT2D eigenvalue weighted by molar-refractivity contribution is -0.129. The molecular weight excluding hydrogens is 354 g/mol. The van der Waals surface area contributed by atoms with E-state index < -0.39 is 6.10 Å². The third-order valence-electron chi connectivity index (χ3n) is 5.38. The molecule has 0 bridgehead atoms. The Bertz CT molecular complexity index is 614. The van der Waals surface area contributed by atoms with Crippen LogP contribution in [0.25, 0.3) is 0 Å². The van der Waals surface area contributed by atoms with Gasteiger partial charge >= 0.3 is 0 Å². The van der Waals surface area contributed by atoms with Crippen molar-refractivity contribution in [3.63, 3.8) is 0 Å². The van der Waals surface area contributed by atoms with Crippen molar-refractivity contribution in [1.29, 1.82) is 0 Å². The first-order valence-electron chi connectivity index (χ1n) is 10.4. The van der Waals surface area contributed by atoms with Crippen LogP contribution in [-0.2, 0) is 14.4 Å². The van der Waals surface area contributed by atoms with Crippen molar-refractivity contribution in [2.45, 2.75) is 84.7 Å². The van der Waals surface area contributed by atoms with Gasteiger partial charge in [-0.2, -0.15) is 0 Å². The van der Waals surface area contributed by atoms with Crippen LogP contribution in [0, 0.1) is 29.6 Å². The maximum Gasteiger partial charge on any atom is 0.226 e. The summed E-state index contributed by atoms with van der Waals surface area (Å²) in [6, 6.07) is 0. The predicted molar refractivity (Wildman–Crippen MR) is 110 cm³/mol. The molecule has 0 spiro atoms. The second-order valence-electron chi connectivity index (χ2n) is 7.82. The van der Waals surface area contributed by atoms with E-state index in [9.17, 15) is 19.5 Å². The molecule has 5 heteroatoms. The average Bonchev–Trinajstić information content (AvgIpc) is 2.99. The molecule has 5 nitrogen and oxygen atoms in total. The van der Waals surface area contributed by atoms with E-state index in [4.69, 9.17) is 0 Å². The number of aliphatic hydroxyl groups is 1. The predicted octanol–water partition coefficient (Wildman–Crippen LogP) is 3.55. The molecule has 0 radical (unpaired) electrons. The Morgan fingerprint density at radius 1 is 1.29 bits per heavy atom. The van der Waals surface area contributed by atoms with Gasteiger partial charge in [-0.15, -0.1) is 11.8 Å². The molecule has 2 N–H and O–H groups in total. The van der Waals surface area contributed by atoms with Crippen LogP contribution < -0.4 is 5.32 Å². The van der Waals surface area contributed by atoms with Crippen LogP contribution in [0.15, 0.2) is 12.2 Å². The molecule has 1 rings (SSSR count). The topological polar surface area (TPSA) is 83.5 Å². The van der Waals surface area contributed by atoms with Gasteiger partial charge in [0.15, 0.2) is 0 Å². The quantitative estimate of drug-likeness (QED) is 0.322. The molecule has 1 unspecified atom stereocenters. The SMILES string of the molecule is CC#CCC(C)[C@H](O)/C=C/[C@H]1CCC(=O)[C@@H]1CCCCCCC(=O)NC(C)=O. The van der Waals surface area contributed by atoms with E-state index in [1.54, 1.807) is 6.92 Å². The third kappa shape index (κ3) is 9.32. The molecule has 0 heterocycles. The van der Waals surface area contributed by atoms with Crippen LogP contribution in [0.2, 0.25) is 0 Å². The van der Waals surface area contributed by atoms with Gasteiger partial charge in [-0.05, 0) is 38.0 Å². The summed E-state index contributed by atoms with van der Waals surface area (Å²) < 4.78 is 0. The highest BCUT2D eigenvalue weighted by atomic mass is 16.3. The van der Waals surface area contributed by atoms with Crippen LogP contribution in [0.3, 0.4) is 0 Å². The molecule has 1 fully saturated rings. The number of Topliss-reactive ketones (excluding diaryl/α,β-unsaturated/α-hetero) is 1. The zero-order valence-electron chi connectivity index (χ0n) is 17.5. The smallest absolute Gasteiger partial charge is 0.226 e. The summed E-state index contributed by atoms with van der Waals surface area (Å²) in [6.07, 6.45) is 10.3. The van der Waals surface area contributed by atoms with Crippen molar-refractivity contribution in [1.82, 2.24) is 5.32 Å². The number of carbonyl (C=O) groups excluding carboxylic acids is 3. The van der Waals surface area contributed by atoms with Crippen molar-refractivity contribution >= 4 is 17.6 Å². The van der Waals surface area contributed by atoms with Crippen molar-refractivity contribution in [2.75, 3.05) is 0 Å². The molecule has 2 amide bonds. The number of carbonyl (C=O) groups is 3. The van der Waals surface area contributed by atoms with Crippen LogP contribution >= 0.6 is 0 Å². The van der Waals surface area contributed by atoms with Gasteiger partial charge < -0.3 is 5.11 Å². The van der Waals surface area contributed by atoms with Gasteiger partial charge in [-0.25, -0.2) is 0 Å². The zero-order valence-corrected chi connectivity index (χ0v) is 17.5. The second kappa shape index (κ2) is 13.3. The van der Waals surface area contributed by atoms with E-state index in [1.807, 2.05) is 19.1 Å². The Morgan fingerprint density at radius 2 is 2.00 bits per heavy atom. The summed E-state index contributed by atoms with van der Waals surface area (Å²) in [4.78, 5) is 34.4.